The van der Waals surface area contributed by atoms with Gasteiger partial charge < -0.3 is 0 Å². The van der Waals surface area contributed by atoms with E-state index in [0.29, 0.717) is 5.02 Å². The first-order valence-corrected chi connectivity index (χ1v) is 7.48. The van der Waals surface area contributed by atoms with Gasteiger partial charge in [-0.15, -0.1) is 0 Å². The average Bonchev–Trinajstić information content (AvgIpc) is 2.47. The van der Waals surface area contributed by atoms with E-state index in [1.165, 1.54) is 0 Å². The summed E-state index contributed by atoms with van der Waals surface area (Å²) in [7, 11) is 0. The van der Waals surface area contributed by atoms with Crippen molar-refractivity contribution in [2.75, 3.05) is 5.43 Å². The first-order valence-electron chi connectivity index (χ1n) is 6.31. The number of hydrogen-bond donors (Lipinski definition) is 1. The summed E-state index contributed by atoms with van der Waals surface area (Å²) in [6.45, 7) is 0. The molecule has 5 heteroatoms. The van der Waals surface area contributed by atoms with Gasteiger partial charge in [0.15, 0.2) is 0 Å². The Kier molecular flexibility index (Phi) is 4.18. The molecule has 2 aromatic carbocycles. The standard InChI is InChI=1S/C16H11BrClN3/c17-12-3-1-2-11(8-12)10-20-21-15-6-7-19-16-9-13(18)4-5-14(15)16/h1-10H,(H,19,21). The van der Waals surface area contributed by atoms with Crippen molar-refractivity contribution in [1.82, 2.24) is 4.98 Å². The first-order chi connectivity index (χ1) is 10.2. The van der Waals surface area contributed by atoms with Crippen LogP contribution < -0.4 is 5.43 Å². The van der Waals surface area contributed by atoms with Crippen LogP contribution in [-0.2, 0) is 0 Å². The maximum atomic E-state index is 5.98. The summed E-state index contributed by atoms with van der Waals surface area (Å²) in [4.78, 5) is 4.30. The predicted molar refractivity (Wildman–Crippen MR) is 92.1 cm³/mol. The van der Waals surface area contributed by atoms with Crippen LogP contribution in [0.1, 0.15) is 5.56 Å². The van der Waals surface area contributed by atoms with E-state index in [-0.39, 0.29) is 0 Å². The fourth-order valence-electron chi connectivity index (χ4n) is 1.98. The molecule has 0 radical (unpaired) electrons. The van der Waals surface area contributed by atoms with Gasteiger partial charge in [-0.1, -0.05) is 39.7 Å². The van der Waals surface area contributed by atoms with Gasteiger partial charge in [-0.2, -0.15) is 5.10 Å². The van der Waals surface area contributed by atoms with E-state index in [0.717, 1.165) is 26.6 Å². The molecule has 3 aromatic rings. The highest BCUT2D eigenvalue weighted by Gasteiger charge is 2.01. The summed E-state index contributed by atoms with van der Waals surface area (Å²) in [5, 5.41) is 5.92. The van der Waals surface area contributed by atoms with Crippen molar-refractivity contribution in [2.24, 2.45) is 5.10 Å². The Morgan fingerprint density at radius 1 is 1.14 bits per heavy atom. The van der Waals surface area contributed by atoms with Crippen LogP contribution in [-0.4, -0.2) is 11.2 Å². The van der Waals surface area contributed by atoms with Gasteiger partial charge in [0.25, 0.3) is 0 Å². The molecule has 0 unspecified atom stereocenters. The Labute approximate surface area is 135 Å². The third kappa shape index (κ3) is 3.40. The molecular weight excluding hydrogens is 350 g/mol. The van der Waals surface area contributed by atoms with Gasteiger partial charge in [0, 0.05) is 21.1 Å². The number of benzene rings is 2. The fraction of sp³-hybridized carbons (Fsp3) is 0. The lowest BCUT2D eigenvalue weighted by atomic mass is 10.2. The number of halogens is 2. The second-order valence-corrected chi connectivity index (χ2v) is 5.80. The minimum Gasteiger partial charge on any atom is -0.278 e. The van der Waals surface area contributed by atoms with Crippen molar-refractivity contribution < 1.29 is 0 Å². The van der Waals surface area contributed by atoms with Crippen molar-refractivity contribution in [3.63, 3.8) is 0 Å². The van der Waals surface area contributed by atoms with Crippen molar-refractivity contribution in [1.29, 1.82) is 0 Å². The van der Waals surface area contributed by atoms with E-state index < -0.39 is 0 Å². The maximum Gasteiger partial charge on any atom is 0.0738 e. The van der Waals surface area contributed by atoms with Crippen LogP contribution in [0.3, 0.4) is 0 Å². The summed E-state index contributed by atoms with van der Waals surface area (Å²) in [6.07, 6.45) is 3.50. The van der Waals surface area contributed by atoms with Crippen LogP contribution in [0.25, 0.3) is 10.9 Å². The van der Waals surface area contributed by atoms with Gasteiger partial charge in [0.05, 0.1) is 17.4 Å². The first kappa shape index (κ1) is 14.0. The molecule has 104 valence electrons. The van der Waals surface area contributed by atoms with E-state index in [1.807, 2.05) is 48.5 Å². The normalized spacial score (nSPS) is 11.1. The van der Waals surface area contributed by atoms with Gasteiger partial charge in [0.1, 0.15) is 0 Å². The number of hydrogen-bond acceptors (Lipinski definition) is 3. The third-order valence-electron chi connectivity index (χ3n) is 2.95. The smallest absolute Gasteiger partial charge is 0.0738 e. The summed E-state index contributed by atoms with van der Waals surface area (Å²) in [5.41, 5.74) is 5.79. The van der Waals surface area contributed by atoms with Crippen molar-refractivity contribution in [3.05, 3.63) is 69.8 Å². The fourth-order valence-corrected chi connectivity index (χ4v) is 2.57. The number of hydrazone groups is 1. The third-order valence-corrected chi connectivity index (χ3v) is 3.68. The van der Waals surface area contributed by atoms with Crippen LogP contribution in [0.2, 0.25) is 5.02 Å². The zero-order valence-electron chi connectivity index (χ0n) is 10.9. The Morgan fingerprint density at radius 2 is 2.05 bits per heavy atom. The number of anilines is 1. The Balaban J connectivity index is 1.85. The molecule has 3 rings (SSSR count). The maximum absolute atomic E-state index is 5.98. The zero-order valence-corrected chi connectivity index (χ0v) is 13.3. The van der Waals surface area contributed by atoms with Crippen LogP contribution >= 0.6 is 27.5 Å². The van der Waals surface area contributed by atoms with Crippen molar-refractivity contribution >= 4 is 50.3 Å². The number of aromatic nitrogens is 1. The lowest BCUT2D eigenvalue weighted by molar-refractivity contribution is 1.33. The van der Waals surface area contributed by atoms with Crippen LogP contribution in [0.4, 0.5) is 5.69 Å². The van der Waals surface area contributed by atoms with E-state index >= 15 is 0 Å². The van der Waals surface area contributed by atoms with E-state index in [2.05, 4.69) is 31.4 Å². The predicted octanol–water partition coefficient (Wildman–Crippen LogP) is 5.10. The van der Waals surface area contributed by atoms with Crippen LogP contribution in [0.5, 0.6) is 0 Å². The van der Waals surface area contributed by atoms with Gasteiger partial charge in [0.2, 0.25) is 0 Å². The number of pyridine rings is 1. The quantitative estimate of drug-likeness (QED) is 0.521. The largest absolute Gasteiger partial charge is 0.278 e. The molecule has 0 saturated carbocycles. The Bertz CT molecular complexity index is 817. The summed E-state index contributed by atoms with van der Waals surface area (Å²) >= 11 is 9.41. The summed E-state index contributed by atoms with van der Waals surface area (Å²) in [5.74, 6) is 0. The molecule has 0 saturated heterocycles. The van der Waals surface area contributed by atoms with Gasteiger partial charge in [-0.3, -0.25) is 10.4 Å². The molecule has 0 amide bonds. The van der Waals surface area contributed by atoms with Crippen molar-refractivity contribution in [3.8, 4) is 0 Å². The average molecular weight is 361 g/mol. The molecular formula is C16H11BrClN3. The number of fused-ring (bicyclic) bond motifs is 1. The highest BCUT2D eigenvalue weighted by atomic mass is 79.9. The van der Waals surface area contributed by atoms with Gasteiger partial charge >= 0.3 is 0 Å². The molecule has 0 aliphatic heterocycles. The highest BCUT2D eigenvalue weighted by molar-refractivity contribution is 9.10. The number of nitrogens with zero attached hydrogens (tertiary/aromatic N) is 2. The molecule has 1 aromatic heterocycles. The molecule has 1 N–H and O–H groups in total. The van der Waals surface area contributed by atoms with Gasteiger partial charge in [-0.05, 0) is 42.0 Å². The van der Waals surface area contributed by atoms with E-state index in [1.54, 1.807) is 12.4 Å². The van der Waals surface area contributed by atoms with E-state index in [9.17, 15) is 0 Å². The zero-order chi connectivity index (χ0) is 14.7. The summed E-state index contributed by atoms with van der Waals surface area (Å²) < 4.78 is 1.02. The van der Waals surface area contributed by atoms with Crippen LogP contribution in [0, 0.1) is 0 Å². The Hall–Kier alpha value is -1.91. The number of rotatable bonds is 3. The molecule has 0 aliphatic rings. The second kappa shape index (κ2) is 6.24. The van der Waals surface area contributed by atoms with Crippen LogP contribution in [0.15, 0.2) is 64.3 Å². The molecule has 0 bridgehead atoms. The lowest BCUT2D eigenvalue weighted by Gasteiger charge is -2.05. The van der Waals surface area contributed by atoms with Gasteiger partial charge in [-0.25, -0.2) is 0 Å². The molecule has 3 nitrogen and oxygen atoms in total. The number of nitrogens with one attached hydrogen (secondary N) is 1. The molecule has 0 aliphatic carbocycles. The lowest BCUT2D eigenvalue weighted by Crippen LogP contribution is -1.92. The minimum atomic E-state index is 0.671. The molecule has 0 spiro atoms. The topological polar surface area (TPSA) is 37.3 Å². The molecule has 1 heterocycles. The highest BCUT2D eigenvalue weighted by Crippen LogP contribution is 2.24. The molecule has 21 heavy (non-hydrogen) atoms. The summed E-state index contributed by atoms with van der Waals surface area (Å²) in [6, 6.07) is 15.4. The SMILES string of the molecule is Clc1ccc2c(NN=Cc3cccc(Br)c3)ccnc2c1. The van der Waals surface area contributed by atoms with Crippen molar-refractivity contribution in [2.45, 2.75) is 0 Å². The minimum absolute atomic E-state index is 0.671. The second-order valence-electron chi connectivity index (χ2n) is 4.44. The molecule has 0 fully saturated rings. The monoisotopic (exact) mass is 359 g/mol. The molecule has 0 atom stereocenters. The van der Waals surface area contributed by atoms with E-state index in [4.69, 9.17) is 11.6 Å². The Morgan fingerprint density at radius 3 is 2.90 bits per heavy atom.